The van der Waals surface area contributed by atoms with Crippen molar-refractivity contribution in [2.45, 2.75) is 56.2 Å². The van der Waals surface area contributed by atoms with Crippen LogP contribution in [0.2, 0.25) is 0 Å². The summed E-state index contributed by atoms with van der Waals surface area (Å²) < 4.78 is 6.48. The van der Waals surface area contributed by atoms with Crippen molar-refractivity contribution in [2.75, 3.05) is 20.6 Å². The minimum Gasteiger partial charge on any atom is -0.504 e. The number of nitrogens with one attached hydrogen (secondary N) is 1. The standard InChI is InChI=1S/C19H26N2O2/c1-18-7-6-12(20-2)17-19(18)8-9-21(3)14(18)10-11-4-5-13(22)16(23-17)15(11)19/h4-5,12,14,17,20,22H,6-10H2,1-3H3. The fourth-order valence-corrected chi connectivity index (χ4v) is 6.52. The number of rotatable bonds is 1. The summed E-state index contributed by atoms with van der Waals surface area (Å²) in [7, 11) is 4.33. The van der Waals surface area contributed by atoms with Crippen LogP contribution >= 0.6 is 0 Å². The number of nitrogens with zero attached hydrogens (tertiary/aromatic N) is 1. The Morgan fingerprint density at radius 3 is 2.96 bits per heavy atom. The molecular weight excluding hydrogens is 288 g/mol. The van der Waals surface area contributed by atoms with E-state index >= 15 is 0 Å². The van der Waals surface area contributed by atoms with Crippen LogP contribution in [-0.2, 0) is 11.8 Å². The quantitative estimate of drug-likeness (QED) is 0.833. The number of phenols is 1. The average molecular weight is 314 g/mol. The highest BCUT2D eigenvalue weighted by Crippen LogP contribution is 2.68. The molecule has 1 saturated heterocycles. The minimum atomic E-state index is 0.0533. The van der Waals surface area contributed by atoms with Gasteiger partial charge in [-0.1, -0.05) is 13.0 Å². The van der Waals surface area contributed by atoms with E-state index in [1.807, 2.05) is 13.1 Å². The number of aromatic hydroxyl groups is 1. The predicted octanol–water partition coefficient (Wildman–Crippen LogP) is 2.04. The van der Waals surface area contributed by atoms with E-state index in [1.165, 1.54) is 17.5 Å². The average Bonchev–Trinajstić information content (AvgIpc) is 2.89. The maximum Gasteiger partial charge on any atom is 0.165 e. The summed E-state index contributed by atoms with van der Waals surface area (Å²) in [5.41, 5.74) is 3.02. The van der Waals surface area contributed by atoms with Crippen LogP contribution in [0, 0.1) is 5.41 Å². The van der Waals surface area contributed by atoms with Crippen molar-refractivity contribution in [1.29, 1.82) is 0 Å². The summed E-state index contributed by atoms with van der Waals surface area (Å²) in [4.78, 5) is 2.57. The molecule has 1 spiro atoms. The van der Waals surface area contributed by atoms with Crippen molar-refractivity contribution in [3.63, 3.8) is 0 Å². The number of ether oxygens (including phenoxy) is 1. The number of hydrogen-bond acceptors (Lipinski definition) is 4. The number of phenolic OH excluding ortho intramolecular Hbond substituents is 1. The zero-order valence-corrected chi connectivity index (χ0v) is 14.2. The lowest BCUT2D eigenvalue weighted by atomic mass is 9.43. The van der Waals surface area contributed by atoms with Crippen LogP contribution in [0.1, 0.15) is 37.3 Å². The molecule has 2 fully saturated rings. The SMILES string of the molecule is CNC1CCC2(C)C3Cc4ccc(O)c5c4C2(CCN3C)C1O5. The molecule has 5 rings (SSSR count). The lowest BCUT2D eigenvalue weighted by molar-refractivity contribution is -0.117. The van der Waals surface area contributed by atoms with E-state index in [-0.39, 0.29) is 16.9 Å². The topological polar surface area (TPSA) is 44.7 Å². The lowest BCUT2D eigenvalue weighted by Crippen LogP contribution is -2.72. The van der Waals surface area contributed by atoms with Crippen molar-refractivity contribution < 1.29 is 9.84 Å². The fourth-order valence-electron chi connectivity index (χ4n) is 6.52. The smallest absolute Gasteiger partial charge is 0.165 e. The largest absolute Gasteiger partial charge is 0.504 e. The third-order valence-corrected chi connectivity index (χ3v) is 7.67. The summed E-state index contributed by atoms with van der Waals surface area (Å²) in [6.07, 6.45) is 4.72. The van der Waals surface area contributed by atoms with E-state index in [9.17, 15) is 5.11 Å². The second-order valence-electron chi connectivity index (χ2n) is 8.26. The van der Waals surface area contributed by atoms with Crippen LogP contribution in [-0.4, -0.2) is 48.8 Å². The molecule has 4 aliphatic rings. The Balaban J connectivity index is 1.83. The molecule has 4 nitrogen and oxygen atoms in total. The van der Waals surface area contributed by atoms with Crippen LogP contribution < -0.4 is 10.1 Å². The lowest BCUT2D eigenvalue weighted by Gasteiger charge is -2.65. The fraction of sp³-hybridized carbons (Fsp3) is 0.684. The summed E-state index contributed by atoms with van der Waals surface area (Å²) in [6.45, 7) is 3.60. The molecule has 1 saturated carbocycles. The van der Waals surface area contributed by atoms with Gasteiger partial charge >= 0.3 is 0 Å². The molecule has 23 heavy (non-hydrogen) atoms. The molecule has 2 heterocycles. The molecule has 0 radical (unpaired) electrons. The van der Waals surface area contributed by atoms with Gasteiger partial charge < -0.3 is 20.1 Å². The molecule has 0 amide bonds. The number of hydrogen-bond donors (Lipinski definition) is 2. The van der Waals surface area contributed by atoms with Gasteiger partial charge in [-0.3, -0.25) is 0 Å². The third-order valence-electron chi connectivity index (χ3n) is 7.67. The van der Waals surface area contributed by atoms with Crippen molar-refractivity contribution >= 4 is 0 Å². The van der Waals surface area contributed by atoms with Gasteiger partial charge in [0.15, 0.2) is 11.5 Å². The molecule has 4 heteroatoms. The van der Waals surface area contributed by atoms with Gasteiger partial charge in [0.1, 0.15) is 6.10 Å². The van der Waals surface area contributed by atoms with Gasteiger partial charge in [-0.15, -0.1) is 0 Å². The predicted molar refractivity (Wildman–Crippen MR) is 89.1 cm³/mol. The Hall–Kier alpha value is -1.26. The molecule has 2 N–H and O–H groups in total. The Kier molecular flexibility index (Phi) is 2.59. The van der Waals surface area contributed by atoms with Crippen molar-refractivity contribution in [1.82, 2.24) is 10.2 Å². The van der Waals surface area contributed by atoms with Gasteiger partial charge in [0.05, 0.1) is 0 Å². The van der Waals surface area contributed by atoms with E-state index in [4.69, 9.17) is 4.74 Å². The molecular formula is C19H26N2O2. The van der Waals surface area contributed by atoms with Gasteiger partial charge in [-0.2, -0.15) is 0 Å². The highest BCUT2D eigenvalue weighted by Gasteiger charge is 2.70. The number of benzene rings is 1. The van der Waals surface area contributed by atoms with Gasteiger partial charge in [0, 0.05) is 23.1 Å². The molecule has 1 aromatic carbocycles. The van der Waals surface area contributed by atoms with Crippen LogP contribution in [0.4, 0.5) is 0 Å². The van der Waals surface area contributed by atoms with Gasteiger partial charge in [0.25, 0.3) is 0 Å². The summed E-state index contributed by atoms with van der Waals surface area (Å²) >= 11 is 0. The van der Waals surface area contributed by atoms with E-state index in [0.29, 0.717) is 17.8 Å². The van der Waals surface area contributed by atoms with E-state index in [2.05, 4.69) is 30.3 Å². The molecule has 5 atom stereocenters. The van der Waals surface area contributed by atoms with E-state index in [0.717, 1.165) is 31.6 Å². The monoisotopic (exact) mass is 314 g/mol. The van der Waals surface area contributed by atoms with E-state index in [1.54, 1.807) is 0 Å². The molecule has 2 aliphatic heterocycles. The number of likely N-dealkylation sites (tertiary alicyclic amines) is 1. The first kappa shape index (κ1) is 14.1. The van der Waals surface area contributed by atoms with Crippen molar-refractivity contribution in [2.24, 2.45) is 5.41 Å². The second kappa shape index (κ2) is 4.22. The van der Waals surface area contributed by atoms with Crippen LogP contribution in [0.25, 0.3) is 0 Å². The maximum atomic E-state index is 10.4. The number of piperidine rings is 1. The summed E-state index contributed by atoms with van der Waals surface area (Å²) in [5, 5.41) is 13.9. The first-order chi connectivity index (χ1) is 11.0. The minimum absolute atomic E-state index is 0.0533. The van der Waals surface area contributed by atoms with Crippen LogP contribution in [0.3, 0.4) is 0 Å². The van der Waals surface area contributed by atoms with E-state index < -0.39 is 0 Å². The summed E-state index contributed by atoms with van der Waals surface area (Å²) in [5.74, 6) is 1.10. The zero-order valence-electron chi connectivity index (χ0n) is 14.2. The van der Waals surface area contributed by atoms with Crippen molar-refractivity contribution in [3.05, 3.63) is 23.3 Å². The van der Waals surface area contributed by atoms with Gasteiger partial charge in [0.2, 0.25) is 0 Å². The first-order valence-electron chi connectivity index (χ1n) is 8.92. The third kappa shape index (κ3) is 1.38. The van der Waals surface area contributed by atoms with Gasteiger partial charge in [-0.05, 0) is 63.4 Å². The molecule has 5 unspecified atom stereocenters. The highest BCUT2D eigenvalue weighted by atomic mass is 16.5. The molecule has 124 valence electrons. The Bertz CT molecular complexity index is 690. The Morgan fingerprint density at radius 1 is 1.35 bits per heavy atom. The number of likely N-dealkylation sites (N-methyl/N-ethyl adjacent to an activating group) is 2. The Labute approximate surface area is 137 Å². The van der Waals surface area contributed by atoms with Crippen LogP contribution in [0.15, 0.2) is 12.1 Å². The second-order valence-corrected chi connectivity index (χ2v) is 8.26. The first-order valence-corrected chi connectivity index (χ1v) is 8.92. The highest BCUT2D eigenvalue weighted by molar-refractivity contribution is 5.61. The molecule has 2 bridgehead atoms. The normalized spacial score (nSPS) is 43.9. The van der Waals surface area contributed by atoms with Crippen molar-refractivity contribution in [3.8, 4) is 11.5 Å². The summed E-state index contributed by atoms with van der Waals surface area (Å²) in [6, 6.07) is 4.90. The molecule has 2 aliphatic carbocycles. The maximum absolute atomic E-state index is 10.4. The zero-order chi connectivity index (χ0) is 16.0. The van der Waals surface area contributed by atoms with Gasteiger partial charge in [-0.25, -0.2) is 0 Å². The molecule has 0 aromatic heterocycles. The van der Waals surface area contributed by atoms with Crippen LogP contribution in [0.5, 0.6) is 11.5 Å². The molecule has 1 aromatic rings. The Morgan fingerprint density at radius 2 is 2.17 bits per heavy atom.